The first-order valence-corrected chi connectivity index (χ1v) is 8.21. The highest BCUT2D eigenvalue weighted by Gasteiger charge is 2.27. The molecule has 0 bridgehead atoms. The molecule has 7 heteroatoms. The summed E-state index contributed by atoms with van der Waals surface area (Å²) in [6.45, 7) is 3.94. The molecule has 1 aromatic heterocycles. The van der Waals surface area contributed by atoms with Crippen molar-refractivity contribution >= 4 is 22.8 Å². The molecule has 1 aliphatic rings. The van der Waals surface area contributed by atoms with Crippen molar-refractivity contribution in [2.24, 2.45) is 5.92 Å². The Bertz CT molecular complexity index is 800. The summed E-state index contributed by atoms with van der Waals surface area (Å²) in [7, 11) is 0. The van der Waals surface area contributed by atoms with Crippen molar-refractivity contribution in [3.8, 4) is 0 Å². The molecule has 0 saturated carbocycles. The highest BCUT2D eigenvalue weighted by Crippen LogP contribution is 2.19. The molecule has 128 valence electrons. The van der Waals surface area contributed by atoms with Crippen LogP contribution < -0.4 is 5.69 Å². The molecule has 2 aromatic rings. The molecule has 0 unspecified atom stereocenters. The molecule has 1 saturated heterocycles. The number of carbonyl (C=O) groups is 2. The highest BCUT2D eigenvalue weighted by molar-refractivity contribution is 6.00. The molecule has 2 heterocycles. The van der Waals surface area contributed by atoms with Crippen LogP contribution >= 0.6 is 0 Å². The van der Waals surface area contributed by atoms with E-state index < -0.39 is 0 Å². The van der Waals surface area contributed by atoms with E-state index in [1.807, 2.05) is 0 Å². The van der Waals surface area contributed by atoms with Crippen molar-refractivity contribution < 1.29 is 14.3 Å². The minimum atomic E-state index is -0.282. The Morgan fingerprint density at radius 1 is 1.21 bits per heavy atom. The van der Waals surface area contributed by atoms with Crippen LogP contribution in [0.25, 0.3) is 11.0 Å². The fraction of sp³-hybridized carbons (Fsp3) is 0.471. The van der Waals surface area contributed by atoms with Crippen molar-refractivity contribution in [2.45, 2.75) is 19.8 Å². The summed E-state index contributed by atoms with van der Waals surface area (Å²) >= 11 is 0. The lowest BCUT2D eigenvalue weighted by molar-refractivity contribution is -0.149. The number of imidazole rings is 1. The molecular formula is C17H21N3O4. The van der Waals surface area contributed by atoms with Crippen molar-refractivity contribution in [1.29, 1.82) is 0 Å². The fourth-order valence-corrected chi connectivity index (χ4v) is 3.09. The first kappa shape index (κ1) is 16.4. The number of likely N-dealkylation sites (tertiary alicyclic amines) is 1. The molecule has 1 fully saturated rings. The molecule has 0 spiro atoms. The quantitative estimate of drug-likeness (QED) is 0.636. The van der Waals surface area contributed by atoms with E-state index in [2.05, 4.69) is 14.9 Å². The number of hydrogen-bond donors (Lipinski definition) is 2. The predicted octanol–water partition coefficient (Wildman–Crippen LogP) is 1.31. The van der Waals surface area contributed by atoms with Gasteiger partial charge in [0.1, 0.15) is 0 Å². The maximum atomic E-state index is 12.4. The molecule has 0 aliphatic carbocycles. The molecule has 7 nitrogen and oxygen atoms in total. The number of aromatic nitrogens is 2. The van der Waals surface area contributed by atoms with Crippen LogP contribution in [-0.4, -0.2) is 52.9 Å². The standard InChI is InChI=1S/C17H21N3O4/c1-2-24-16(22)11-5-7-20(8-6-11)10-15(21)12-3-4-13-14(9-12)19-17(23)18-13/h3-4,9,11H,2,5-8,10H2,1H3,(H2,18,19,23). The number of carbonyl (C=O) groups excluding carboxylic acids is 2. The maximum absolute atomic E-state index is 12.4. The maximum Gasteiger partial charge on any atom is 0.323 e. The van der Waals surface area contributed by atoms with Gasteiger partial charge in [0.2, 0.25) is 0 Å². The van der Waals surface area contributed by atoms with Crippen molar-refractivity contribution in [3.05, 3.63) is 34.2 Å². The molecule has 0 radical (unpaired) electrons. The second-order valence-electron chi connectivity index (χ2n) is 6.07. The van der Waals surface area contributed by atoms with Gasteiger partial charge in [-0.25, -0.2) is 4.79 Å². The van der Waals surface area contributed by atoms with E-state index in [9.17, 15) is 14.4 Å². The Morgan fingerprint density at radius 2 is 1.92 bits per heavy atom. The lowest BCUT2D eigenvalue weighted by Gasteiger charge is -2.30. The summed E-state index contributed by atoms with van der Waals surface area (Å²) in [5.41, 5.74) is 1.61. The Hall–Kier alpha value is -2.41. The lowest BCUT2D eigenvalue weighted by atomic mass is 9.96. The van der Waals surface area contributed by atoms with Crippen LogP contribution in [-0.2, 0) is 9.53 Å². The second-order valence-corrected chi connectivity index (χ2v) is 6.07. The SMILES string of the molecule is CCOC(=O)C1CCN(CC(=O)c2ccc3[nH]c(=O)[nH]c3c2)CC1. The zero-order valence-electron chi connectivity index (χ0n) is 13.6. The highest BCUT2D eigenvalue weighted by atomic mass is 16.5. The normalized spacial score (nSPS) is 16.4. The summed E-state index contributed by atoms with van der Waals surface area (Å²) in [6.07, 6.45) is 1.44. The van der Waals surface area contributed by atoms with E-state index in [0.29, 0.717) is 42.8 Å². The Labute approximate surface area is 139 Å². The molecule has 2 N–H and O–H groups in total. The van der Waals surface area contributed by atoms with Crippen LogP contribution in [0, 0.1) is 5.92 Å². The van der Waals surface area contributed by atoms with Crippen LogP contribution in [0.2, 0.25) is 0 Å². The number of Topliss-reactive ketones (excluding diaryl/α,β-unsaturated/α-hetero) is 1. The summed E-state index contributed by atoms with van der Waals surface area (Å²) in [6, 6.07) is 5.15. The third kappa shape index (κ3) is 3.56. The molecule has 0 atom stereocenters. The first-order chi connectivity index (χ1) is 11.6. The van der Waals surface area contributed by atoms with Crippen LogP contribution in [0.3, 0.4) is 0 Å². The minimum Gasteiger partial charge on any atom is -0.466 e. The van der Waals surface area contributed by atoms with Gasteiger partial charge in [-0.3, -0.25) is 14.5 Å². The van der Waals surface area contributed by atoms with E-state index in [0.717, 1.165) is 12.8 Å². The van der Waals surface area contributed by atoms with E-state index in [1.54, 1.807) is 25.1 Å². The van der Waals surface area contributed by atoms with Crippen LogP contribution in [0.4, 0.5) is 0 Å². The number of rotatable bonds is 5. The van der Waals surface area contributed by atoms with Gasteiger partial charge in [0, 0.05) is 5.56 Å². The molecule has 1 aliphatic heterocycles. The molecule has 24 heavy (non-hydrogen) atoms. The average Bonchev–Trinajstić information content (AvgIpc) is 2.94. The van der Waals surface area contributed by atoms with Crippen LogP contribution in [0.5, 0.6) is 0 Å². The Kier molecular flexibility index (Phi) is 4.80. The van der Waals surface area contributed by atoms with Gasteiger partial charge in [-0.1, -0.05) is 0 Å². The Morgan fingerprint density at radius 3 is 2.62 bits per heavy atom. The van der Waals surface area contributed by atoms with E-state index >= 15 is 0 Å². The zero-order chi connectivity index (χ0) is 17.1. The number of ketones is 1. The first-order valence-electron chi connectivity index (χ1n) is 8.21. The van der Waals surface area contributed by atoms with Gasteiger partial charge < -0.3 is 14.7 Å². The van der Waals surface area contributed by atoms with Crippen molar-refractivity contribution in [3.63, 3.8) is 0 Å². The summed E-state index contributed by atoms with van der Waals surface area (Å²) in [4.78, 5) is 42.8. The van der Waals surface area contributed by atoms with E-state index in [-0.39, 0.29) is 23.4 Å². The van der Waals surface area contributed by atoms with Gasteiger partial charge in [-0.2, -0.15) is 0 Å². The van der Waals surface area contributed by atoms with Gasteiger partial charge in [0.25, 0.3) is 0 Å². The molecule has 3 rings (SSSR count). The molecular weight excluding hydrogens is 310 g/mol. The fourth-order valence-electron chi connectivity index (χ4n) is 3.09. The third-order valence-electron chi connectivity index (χ3n) is 4.41. The number of ether oxygens (including phenoxy) is 1. The number of hydrogen-bond acceptors (Lipinski definition) is 5. The van der Waals surface area contributed by atoms with Gasteiger partial charge in [0.15, 0.2) is 5.78 Å². The predicted molar refractivity (Wildman–Crippen MR) is 89.0 cm³/mol. The number of benzene rings is 1. The topological polar surface area (TPSA) is 95.3 Å². The number of aromatic amines is 2. The smallest absolute Gasteiger partial charge is 0.323 e. The van der Waals surface area contributed by atoms with Crippen LogP contribution in [0.1, 0.15) is 30.1 Å². The minimum absolute atomic E-state index is 0.00790. The van der Waals surface area contributed by atoms with Gasteiger partial charge >= 0.3 is 11.7 Å². The average molecular weight is 331 g/mol. The van der Waals surface area contributed by atoms with Crippen molar-refractivity contribution in [1.82, 2.24) is 14.9 Å². The Balaban J connectivity index is 1.58. The van der Waals surface area contributed by atoms with Gasteiger partial charge in [-0.05, 0) is 51.1 Å². The monoisotopic (exact) mass is 331 g/mol. The van der Waals surface area contributed by atoms with Crippen molar-refractivity contribution in [2.75, 3.05) is 26.2 Å². The second kappa shape index (κ2) is 7.00. The summed E-state index contributed by atoms with van der Waals surface area (Å²) < 4.78 is 5.05. The molecule has 1 aromatic carbocycles. The summed E-state index contributed by atoms with van der Waals surface area (Å²) in [5, 5.41) is 0. The number of H-pyrrole nitrogens is 2. The van der Waals surface area contributed by atoms with E-state index in [1.165, 1.54) is 0 Å². The number of piperidine rings is 1. The molecule has 0 amide bonds. The largest absolute Gasteiger partial charge is 0.466 e. The lowest BCUT2D eigenvalue weighted by Crippen LogP contribution is -2.39. The van der Waals surface area contributed by atoms with Gasteiger partial charge in [0.05, 0.1) is 30.1 Å². The number of fused-ring (bicyclic) bond motifs is 1. The zero-order valence-corrected chi connectivity index (χ0v) is 13.6. The van der Waals surface area contributed by atoms with E-state index in [4.69, 9.17) is 4.74 Å². The van der Waals surface area contributed by atoms with Gasteiger partial charge in [-0.15, -0.1) is 0 Å². The number of esters is 1. The number of nitrogens with zero attached hydrogens (tertiary/aromatic N) is 1. The van der Waals surface area contributed by atoms with Crippen LogP contribution in [0.15, 0.2) is 23.0 Å². The summed E-state index contributed by atoms with van der Waals surface area (Å²) in [5.74, 6) is -0.184. The number of nitrogens with one attached hydrogen (secondary N) is 2. The third-order valence-corrected chi connectivity index (χ3v) is 4.41.